The Morgan fingerprint density at radius 3 is 2.88 bits per heavy atom. The van der Waals surface area contributed by atoms with Gasteiger partial charge in [-0.2, -0.15) is 5.26 Å². The van der Waals surface area contributed by atoms with Crippen LogP contribution in [-0.2, 0) is 17.8 Å². The molecule has 2 heterocycles. The summed E-state index contributed by atoms with van der Waals surface area (Å²) in [5, 5.41) is 22.6. The number of ether oxygens (including phenoxy) is 1. The quantitative estimate of drug-likeness (QED) is 0.261. The maximum Gasteiger partial charge on any atom is 0.268 e. The van der Waals surface area contributed by atoms with E-state index >= 15 is 0 Å². The molecule has 0 fully saturated rings. The second-order valence-electron chi connectivity index (χ2n) is 7.83. The number of carbonyl (C=O) groups excluding carboxylic acids is 1. The first-order valence-electron chi connectivity index (χ1n) is 11.1. The molecule has 0 atom stereocenters. The fourth-order valence-electron chi connectivity index (χ4n) is 3.63. The van der Waals surface area contributed by atoms with Crippen LogP contribution in [0, 0.1) is 18.3 Å². The number of benzene rings is 2. The Labute approximate surface area is 202 Å². The number of aryl methyl sites for hydroxylation is 2. The van der Waals surface area contributed by atoms with Crippen molar-refractivity contribution in [2.75, 3.05) is 11.9 Å². The maximum atomic E-state index is 12.7. The van der Waals surface area contributed by atoms with Crippen LogP contribution in [0.15, 0.2) is 60.3 Å². The topological polar surface area (TPSA) is 92.8 Å². The Balaban J connectivity index is 1.52. The third-order valence-corrected chi connectivity index (χ3v) is 6.12. The number of hydrogen-bond acceptors (Lipinski definition) is 6. The van der Waals surface area contributed by atoms with Crippen molar-refractivity contribution < 1.29 is 9.53 Å². The van der Waals surface area contributed by atoms with E-state index in [2.05, 4.69) is 27.0 Å². The lowest BCUT2D eigenvalue weighted by atomic mass is 10.1. The predicted octanol–water partition coefficient (Wildman–Crippen LogP) is 5.38. The first-order valence-corrected chi connectivity index (χ1v) is 11.9. The number of anilines is 1. The van der Waals surface area contributed by atoms with Crippen molar-refractivity contribution >= 4 is 39.4 Å². The minimum absolute atomic E-state index is 0.00570. The summed E-state index contributed by atoms with van der Waals surface area (Å²) in [6.07, 6.45) is 5.32. The fourth-order valence-corrected chi connectivity index (χ4v) is 4.47. The van der Waals surface area contributed by atoms with E-state index in [0.29, 0.717) is 18.3 Å². The predicted molar refractivity (Wildman–Crippen MR) is 135 cm³/mol. The van der Waals surface area contributed by atoms with E-state index in [1.165, 1.54) is 11.3 Å². The molecule has 2 aromatic heterocycles. The van der Waals surface area contributed by atoms with Gasteiger partial charge < -0.3 is 9.30 Å². The number of nitriles is 1. The zero-order chi connectivity index (χ0) is 23.9. The van der Waals surface area contributed by atoms with Crippen molar-refractivity contribution in [3.8, 4) is 11.8 Å². The maximum absolute atomic E-state index is 12.7. The molecule has 4 aromatic rings. The van der Waals surface area contributed by atoms with Gasteiger partial charge >= 0.3 is 0 Å². The van der Waals surface area contributed by atoms with Gasteiger partial charge in [0.1, 0.15) is 29.0 Å². The Kier molecular flexibility index (Phi) is 7.35. The molecule has 0 aliphatic carbocycles. The molecule has 4 rings (SSSR count). The Morgan fingerprint density at radius 1 is 1.24 bits per heavy atom. The number of nitrogens with zero attached hydrogens (tertiary/aromatic N) is 4. The van der Waals surface area contributed by atoms with Crippen molar-refractivity contribution in [1.82, 2.24) is 14.8 Å². The standard InChI is InChI=1S/C26H25N5O2S/c1-3-7-24-29-30-26(34-24)28-25(32)19(16-27)15-20-17-31(23-11-5-4-10-22(20)23)12-13-33-21-9-6-8-18(2)14-21/h4-6,8-11,14-15,17H,3,7,12-13H2,1-2H3,(H,28,30,32)/b19-15-. The molecular weight excluding hydrogens is 446 g/mol. The summed E-state index contributed by atoms with van der Waals surface area (Å²) in [4.78, 5) is 12.7. The van der Waals surface area contributed by atoms with Crippen LogP contribution in [-0.4, -0.2) is 27.3 Å². The van der Waals surface area contributed by atoms with E-state index < -0.39 is 5.91 Å². The Bertz CT molecular complexity index is 1380. The van der Waals surface area contributed by atoms with Gasteiger partial charge in [-0.25, -0.2) is 0 Å². The highest BCUT2D eigenvalue weighted by atomic mass is 32.1. The smallest absolute Gasteiger partial charge is 0.268 e. The van der Waals surface area contributed by atoms with Gasteiger partial charge in [-0.05, 0) is 43.2 Å². The number of amides is 1. The van der Waals surface area contributed by atoms with Gasteiger partial charge in [0, 0.05) is 29.1 Å². The lowest BCUT2D eigenvalue weighted by molar-refractivity contribution is -0.112. The number of carbonyl (C=O) groups is 1. The lowest BCUT2D eigenvalue weighted by Gasteiger charge is -2.08. The van der Waals surface area contributed by atoms with Crippen LogP contribution in [0.1, 0.15) is 29.5 Å². The average molecular weight is 472 g/mol. The lowest BCUT2D eigenvalue weighted by Crippen LogP contribution is -2.13. The minimum atomic E-state index is -0.499. The minimum Gasteiger partial charge on any atom is -0.492 e. The molecule has 0 saturated heterocycles. The van der Waals surface area contributed by atoms with Crippen LogP contribution >= 0.6 is 11.3 Å². The van der Waals surface area contributed by atoms with E-state index in [-0.39, 0.29) is 5.57 Å². The molecule has 8 heteroatoms. The van der Waals surface area contributed by atoms with E-state index in [0.717, 1.165) is 45.6 Å². The highest BCUT2D eigenvalue weighted by Gasteiger charge is 2.15. The first-order chi connectivity index (χ1) is 16.6. The van der Waals surface area contributed by atoms with Crippen molar-refractivity contribution in [1.29, 1.82) is 5.26 Å². The summed E-state index contributed by atoms with van der Waals surface area (Å²) in [6, 6.07) is 17.9. The number of nitrogens with one attached hydrogen (secondary N) is 1. The van der Waals surface area contributed by atoms with Crippen molar-refractivity contribution in [3.63, 3.8) is 0 Å². The van der Waals surface area contributed by atoms with Crippen LogP contribution in [0.3, 0.4) is 0 Å². The molecule has 0 saturated carbocycles. The van der Waals surface area contributed by atoms with Gasteiger partial charge in [-0.1, -0.05) is 48.6 Å². The van der Waals surface area contributed by atoms with Crippen LogP contribution in [0.5, 0.6) is 5.75 Å². The highest BCUT2D eigenvalue weighted by Crippen LogP contribution is 2.25. The highest BCUT2D eigenvalue weighted by molar-refractivity contribution is 7.15. The summed E-state index contributed by atoms with van der Waals surface area (Å²) >= 11 is 1.33. The van der Waals surface area contributed by atoms with Crippen LogP contribution in [0.4, 0.5) is 5.13 Å². The number of hydrogen-bond donors (Lipinski definition) is 1. The van der Waals surface area contributed by atoms with E-state index in [1.54, 1.807) is 6.08 Å². The molecule has 0 bridgehead atoms. The monoisotopic (exact) mass is 471 g/mol. The average Bonchev–Trinajstić information content (AvgIpc) is 3.42. The Hall–Kier alpha value is -3.96. The molecule has 0 aliphatic rings. The second-order valence-corrected chi connectivity index (χ2v) is 8.90. The largest absolute Gasteiger partial charge is 0.492 e. The molecular formula is C26H25N5O2S. The summed E-state index contributed by atoms with van der Waals surface area (Å²) in [5.41, 5.74) is 2.95. The SMILES string of the molecule is CCCc1nnc(NC(=O)/C(C#N)=C\c2cn(CCOc3cccc(C)c3)c3ccccc23)s1. The van der Waals surface area contributed by atoms with E-state index in [4.69, 9.17) is 4.74 Å². The summed E-state index contributed by atoms with van der Waals surface area (Å²) in [7, 11) is 0. The normalized spacial score (nSPS) is 11.4. The van der Waals surface area contributed by atoms with Crippen molar-refractivity contribution in [2.24, 2.45) is 0 Å². The van der Waals surface area contributed by atoms with Crippen LogP contribution < -0.4 is 10.1 Å². The first kappa shape index (κ1) is 23.2. The fraction of sp³-hybridized carbons (Fsp3) is 0.231. The van der Waals surface area contributed by atoms with E-state index in [9.17, 15) is 10.1 Å². The third-order valence-electron chi connectivity index (χ3n) is 5.23. The molecule has 0 spiro atoms. The van der Waals surface area contributed by atoms with Gasteiger partial charge in [-0.3, -0.25) is 10.1 Å². The van der Waals surface area contributed by atoms with Crippen molar-refractivity contribution in [3.05, 3.63) is 76.4 Å². The Morgan fingerprint density at radius 2 is 2.09 bits per heavy atom. The molecule has 1 N–H and O–H groups in total. The molecule has 34 heavy (non-hydrogen) atoms. The number of fused-ring (bicyclic) bond motifs is 1. The number of rotatable bonds is 9. The molecule has 1 amide bonds. The van der Waals surface area contributed by atoms with Gasteiger partial charge in [0.15, 0.2) is 0 Å². The third kappa shape index (κ3) is 5.50. The summed E-state index contributed by atoms with van der Waals surface area (Å²) in [5.74, 6) is 0.333. The number of para-hydroxylation sites is 1. The van der Waals surface area contributed by atoms with Crippen LogP contribution in [0.25, 0.3) is 17.0 Å². The van der Waals surface area contributed by atoms with E-state index in [1.807, 2.05) is 67.7 Å². The van der Waals surface area contributed by atoms with Crippen LogP contribution in [0.2, 0.25) is 0 Å². The zero-order valence-electron chi connectivity index (χ0n) is 19.1. The second kappa shape index (κ2) is 10.8. The summed E-state index contributed by atoms with van der Waals surface area (Å²) in [6.45, 7) is 5.21. The van der Waals surface area contributed by atoms with Gasteiger partial charge in [0.25, 0.3) is 5.91 Å². The zero-order valence-corrected chi connectivity index (χ0v) is 19.9. The molecule has 0 radical (unpaired) electrons. The molecule has 0 unspecified atom stereocenters. The molecule has 0 aliphatic heterocycles. The number of aromatic nitrogens is 3. The van der Waals surface area contributed by atoms with Crippen molar-refractivity contribution in [2.45, 2.75) is 33.2 Å². The van der Waals surface area contributed by atoms with Gasteiger partial charge in [0.2, 0.25) is 5.13 Å². The molecule has 7 nitrogen and oxygen atoms in total. The molecule has 172 valence electrons. The molecule has 2 aromatic carbocycles. The summed E-state index contributed by atoms with van der Waals surface area (Å²) < 4.78 is 7.99. The van der Waals surface area contributed by atoms with Gasteiger partial charge in [0.05, 0.1) is 6.54 Å². The van der Waals surface area contributed by atoms with Gasteiger partial charge in [-0.15, -0.1) is 10.2 Å².